The van der Waals surface area contributed by atoms with Gasteiger partial charge in [0.1, 0.15) is 5.75 Å². The first-order valence-corrected chi connectivity index (χ1v) is 8.41. The van der Waals surface area contributed by atoms with Crippen molar-refractivity contribution in [3.05, 3.63) is 29.3 Å². The first-order chi connectivity index (χ1) is 9.59. The van der Waals surface area contributed by atoms with Gasteiger partial charge in [-0.3, -0.25) is 0 Å². The van der Waals surface area contributed by atoms with Gasteiger partial charge in [-0.25, -0.2) is 0 Å². The average molecular weight is 270 g/mol. The Labute approximate surface area is 122 Å². The Hall–Kier alpha value is -0.980. The van der Waals surface area contributed by atoms with Crippen molar-refractivity contribution >= 4 is 0 Å². The number of aryl methyl sites for hydroxylation is 1. The Bertz CT molecular complexity index is 535. The molecule has 0 saturated heterocycles. The highest BCUT2D eigenvalue weighted by molar-refractivity contribution is 5.40. The Morgan fingerprint density at radius 1 is 1.15 bits per heavy atom. The van der Waals surface area contributed by atoms with Crippen LogP contribution in [-0.4, -0.2) is 5.11 Å². The average Bonchev–Trinajstić information content (AvgIpc) is 2.74. The summed E-state index contributed by atoms with van der Waals surface area (Å²) in [5, 5.41) is 9.71. The molecule has 2 saturated carbocycles. The zero-order valence-electron chi connectivity index (χ0n) is 12.7. The van der Waals surface area contributed by atoms with Crippen molar-refractivity contribution in [3.63, 3.8) is 0 Å². The van der Waals surface area contributed by atoms with Crippen molar-refractivity contribution in [1.82, 2.24) is 0 Å². The van der Waals surface area contributed by atoms with E-state index in [1.807, 2.05) is 12.1 Å². The fourth-order valence-corrected chi connectivity index (χ4v) is 5.83. The quantitative estimate of drug-likeness (QED) is 0.712. The molecule has 1 aromatic rings. The minimum absolute atomic E-state index is 0.442. The monoisotopic (exact) mass is 270 g/mol. The lowest BCUT2D eigenvalue weighted by molar-refractivity contribution is 0.0336. The lowest BCUT2D eigenvalue weighted by atomic mass is 9.54. The molecule has 4 unspecified atom stereocenters. The summed E-state index contributed by atoms with van der Waals surface area (Å²) in [6.45, 7) is 5.05. The van der Waals surface area contributed by atoms with Crippen LogP contribution in [0.4, 0.5) is 0 Å². The Balaban J connectivity index is 1.71. The van der Waals surface area contributed by atoms with Gasteiger partial charge < -0.3 is 5.11 Å². The van der Waals surface area contributed by atoms with Crippen molar-refractivity contribution < 1.29 is 5.11 Å². The third-order valence-electron chi connectivity index (χ3n) is 7.18. The first-order valence-electron chi connectivity index (χ1n) is 8.41. The van der Waals surface area contributed by atoms with Gasteiger partial charge in [0.15, 0.2) is 0 Å². The van der Waals surface area contributed by atoms with E-state index in [1.54, 1.807) is 5.56 Å². The van der Waals surface area contributed by atoms with Gasteiger partial charge in [-0.15, -0.1) is 0 Å². The van der Waals surface area contributed by atoms with Crippen molar-refractivity contribution in [2.24, 2.45) is 23.2 Å². The SMILES string of the molecule is CC1CCC2C3CCc4cc(O)ccc4C3CC[C@]12C. The molecular weight excluding hydrogens is 244 g/mol. The molecule has 108 valence electrons. The normalized spacial score (nSPS) is 42.7. The van der Waals surface area contributed by atoms with E-state index in [0.717, 1.165) is 23.7 Å². The third-order valence-corrected chi connectivity index (χ3v) is 7.18. The van der Waals surface area contributed by atoms with Gasteiger partial charge in [-0.2, -0.15) is 0 Å². The van der Waals surface area contributed by atoms with Gasteiger partial charge >= 0.3 is 0 Å². The highest BCUT2D eigenvalue weighted by atomic mass is 16.3. The largest absolute Gasteiger partial charge is 0.508 e. The molecule has 1 heteroatoms. The molecule has 5 atom stereocenters. The molecule has 0 radical (unpaired) electrons. The summed E-state index contributed by atoms with van der Waals surface area (Å²) < 4.78 is 0. The fourth-order valence-electron chi connectivity index (χ4n) is 5.83. The number of benzene rings is 1. The maximum absolute atomic E-state index is 9.71. The molecule has 0 amide bonds. The number of aromatic hydroxyl groups is 1. The number of hydrogen-bond donors (Lipinski definition) is 1. The predicted octanol–water partition coefficient (Wildman–Crippen LogP) is 4.88. The van der Waals surface area contributed by atoms with Gasteiger partial charge in [0, 0.05) is 0 Å². The van der Waals surface area contributed by atoms with Crippen LogP contribution in [-0.2, 0) is 6.42 Å². The summed E-state index contributed by atoms with van der Waals surface area (Å²) in [5.41, 5.74) is 3.58. The van der Waals surface area contributed by atoms with Gasteiger partial charge in [0.05, 0.1) is 0 Å². The van der Waals surface area contributed by atoms with E-state index in [-0.39, 0.29) is 0 Å². The van der Waals surface area contributed by atoms with Crippen LogP contribution >= 0.6 is 0 Å². The lowest BCUT2D eigenvalue weighted by Crippen LogP contribution is -2.41. The summed E-state index contributed by atoms with van der Waals surface area (Å²) in [5.74, 6) is 3.96. The van der Waals surface area contributed by atoms with E-state index in [0.29, 0.717) is 11.2 Å². The molecule has 0 bridgehead atoms. The zero-order chi connectivity index (χ0) is 13.9. The maximum Gasteiger partial charge on any atom is 0.115 e. The van der Waals surface area contributed by atoms with Crippen LogP contribution in [0.15, 0.2) is 18.2 Å². The summed E-state index contributed by atoms with van der Waals surface area (Å²) in [7, 11) is 0. The number of phenols is 1. The Kier molecular flexibility index (Phi) is 2.71. The molecule has 1 N–H and O–H groups in total. The smallest absolute Gasteiger partial charge is 0.115 e. The van der Waals surface area contributed by atoms with Crippen molar-refractivity contribution in [2.75, 3.05) is 0 Å². The molecule has 4 rings (SSSR count). The second-order valence-electron chi connectivity index (χ2n) is 7.82. The Morgan fingerprint density at radius 3 is 2.85 bits per heavy atom. The number of rotatable bonds is 0. The summed E-state index contributed by atoms with van der Waals surface area (Å²) in [6.07, 6.45) is 8.17. The third kappa shape index (κ3) is 1.61. The molecule has 3 aliphatic rings. The highest BCUT2D eigenvalue weighted by Gasteiger charge is 2.53. The maximum atomic E-state index is 9.71. The van der Waals surface area contributed by atoms with Crippen molar-refractivity contribution in [1.29, 1.82) is 0 Å². The van der Waals surface area contributed by atoms with Gasteiger partial charge in [0.2, 0.25) is 0 Å². The first kappa shape index (κ1) is 12.7. The second-order valence-corrected chi connectivity index (χ2v) is 7.82. The number of phenolic OH excluding ortho intramolecular Hbond substituents is 1. The van der Waals surface area contributed by atoms with Crippen molar-refractivity contribution in [2.45, 2.75) is 58.3 Å². The molecule has 1 nitrogen and oxygen atoms in total. The molecule has 0 aliphatic heterocycles. The van der Waals surface area contributed by atoms with Crippen LogP contribution in [0.3, 0.4) is 0 Å². The van der Waals surface area contributed by atoms with Crippen LogP contribution in [0, 0.1) is 23.2 Å². The molecule has 0 heterocycles. The highest BCUT2D eigenvalue weighted by Crippen LogP contribution is 2.62. The van der Waals surface area contributed by atoms with Crippen LogP contribution in [0.1, 0.15) is 63.0 Å². The Morgan fingerprint density at radius 2 is 2.00 bits per heavy atom. The second kappa shape index (κ2) is 4.26. The van der Waals surface area contributed by atoms with Gasteiger partial charge in [0.25, 0.3) is 0 Å². The zero-order valence-corrected chi connectivity index (χ0v) is 12.7. The molecule has 0 spiro atoms. The minimum atomic E-state index is 0.442. The van der Waals surface area contributed by atoms with E-state index in [1.165, 1.54) is 44.1 Å². The van der Waals surface area contributed by atoms with Crippen LogP contribution in [0.25, 0.3) is 0 Å². The van der Waals surface area contributed by atoms with Gasteiger partial charge in [-0.05, 0) is 90.9 Å². The number of hydrogen-bond acceptors (Lipinski definition) is 1. The van der Waals surface area contributed by atoms with E-state index in [2.05, 4.69) is 19.9 Å². The topological polar surface area (TPSA) is 20.2 Å². The van der Waals surface area contributed by atoms with Crippen molar-refractivity contribution in [3.8, 4) is 5.75 Å². The molecular formula is C19H26O. The fraction of sp³-hybridized carbons (Fsp3) is 0.684. The lowest BCUT2D eigenvalue weighted by Gasteiger charge is -2.50. The van der Waals surface area contributed by atoms with Crippen LogP contribution in [0.2, 0.25) is 0 Å². The summed E-state index contributed by atoms with van der Waals surface area (Å²) in [4.78, 5) is 0. The molecule has 20 heavy (non-hydrogen) atoms. The van der Waals surface area contributed by atoms with E-state index in [9.17, 15) is 5.11 Å². The van der Waals surface area contributed by atoms with Crippen LogP contribution < -0.4 is 0 Å². The molecule has 1 aromatic carbocycles. The standard InChI is InChI=1S/C19H26O/c1-12-3-8-18-17-6-4-13-11-14(20)5-7-15(13)16(17)9-10-19(12,18)2/h5,7,11-12,16-18,20H,3-4,6,8-10H2,1-2H3/t12?,16?,17?,18?,19-/m1/s1. The number of fused-ring (bicyclic) bond motifs is 5. The van der Waals surface area contributed by atoms with Gasteiger partial charge in [-0.1, -0.05) is 19.9 Å². The van der Waals surface area contributed by atoms with Crippen LogP contribution in [0.5, 0.6) is 5.75 Å². The van der Waals surface area contributed by atoms with E-state index >= 15 is 0 Å². The summed E-state index contributed by atoms with van der Waals surface area (Å²) in [6, 6.07) is 6.12. The molecule has 3 aliphatic carbocycles. The van der Waals surface area contributed by atoms with E-state index in [4.69, 9.17) is 0 Å². The van der Waals surface area contributed by atoms with E-state index < -0.39 is 0 Å². The molecule has 0 aromatic heterocycles. The predicted molar refractivity (Wildman–Crippen MR) is 81.9 cm³/mol. The molecule has 2 fully saturated rings. The summed E-state index contributed by atoms with van der Waals surface area (Å²) >= 11 is 0. The minimum Gasteiger partial charge on any atom is -0.508 e.